The third kappa shape index (κ3) is 4.03. The number of likely N-dealkylation sites (N-methyl/N-ethyl adjacent to an activating group) is 1. The van der Waals surface area contributed by atoms with Gasteiger partial charge in [-0.2, -0.15) is 0 Å². The second kappa shape index (κ2) is 7.85. The zero-order valence-electron chi connectivity index (χ0n) is 15.7. The molecule has 1 heterocycles. The number of para-hydroxylation sites is 1. The topological polar surface area (TPSA) is 40.9 Å². The van der Waals surface area contributed by atoms with Crippen molar-refractivity contribution in [2.75, 3.05) is 51.1 Å². The van der Waals surface area contributed by atoms with Crippen molar-refractivity contribution >= 4 is 38.3 Å². The van der Waals surface area contributed by atoms with Gasteiger partial charge in [-0.25, -0.2) is 4.98 Å². The number of rotatable bonds is 6. The number of thiazole rings is 1. The highest BCUT2D eigenvalue weighted by Gasteiger charge is 2.22. The minimum Gasteiger partial charge on any atom is -0.378 e. The molecular weight excluding hydrogens is 344 g/mol. The summed E-state index contributed by atoms with van der Waals surface area (Å²) in [5.74, 6) is -0.00406. The summed E-state index contributed by atoms with van der Waals surface area (Å²) in [6, 6.07) is 15.7. The van der Waals surface area contributed by atoms with Crippen LogP contribution >= 0.6 is 11.3 Å². The molecule has 0 bridgehead atoms. The Hall–Kier alpha value is -2.44. The van der Waals surface area contributed by atoms with Gasteiger partial charge in [-0.15, -0.1) is 0 Å². The highest BCUT2D eigenvalue weighted by molar-refractivity contribution is 7.22. The van der Waals surface area contributed by atoms with Crippen molar-refractivity contribution in [1.29, 1.82) is 0 Å². The van der Waals surface area contributed by atoms with Crippen molar-refractivity contribution in [1.82, 2.24) is 4.98 Å². The minimum atomic E-state index is -0.00406. The van der Waals surface area contributed by atoms with E-state index in [1.807, 2.05) is 72.4 Å². The standard InChI is InChI=1S/C20H24N4OS/c1-22(2)13-14-24(20-21-17-7-5-6-8-18(17)26-20)19(25)15-9-11-16(12-10-15)23(3)4/h5-12H,13-14H2,1-4H3/p+1. The molecule has 3 rings (SSSR count). The first-order chi connectivity index (χ1) is 12.5. The molecule has 0 radical (unpaired) electrons. The van der Waals surface area contributed by atoms with Gasteiger partial charge in [0.05, 0.1) is 37.4 Å². The second-order valence-electron chi connectivity index (χ2n) is 6.82. The Bertz CT molecular complexity index is 853. The molecule has 136 valence electrons. The predicted octanol–water partition coefficient (Wildman–Crippen LogP) is 2.15. The molecule has 0 unspecified atom stereocenters. The van der Waals surface area contributed by atoms with E-state index in [0.29, 0.717) is 12.1 Å². The molecule has 1 aromatic heterocycles. The van der Waals surface area contributed by atoms with E-state index in [9.17, 15) is 4.79 Å². The monoisotopic (exact) mass is 369 g/mol. The third-order valence-electron chi connectivity index (χ3n) is 4.22. The molecule has 1 N–H and O–H groups in total. The van der Waals surface area contributed by atoms with Crippen LogP contribution in [0.5, 0.6) is 0 Å². The van der Waals surface area contributed by atoms with E-state index in [2.05, 4.69) is 19.1 Å². The van der Waals surface area contributed by atoms with Gasteiger partial charge in [0.15, 0.2) is 5.13 Å². The number of quaternary nitrogens is 1. The van der Waals surface area contributed by atoms with Crippen LogP contribution in [0.2, 0.25) is 0 Å². The molecule has 0 aliphatic heterocycles. The van der Waals surface area contributed by atoms with E-state index in [1.54, 1.807) is 11.3 Å². The molecule has 1 amide bonds. The fraction of sp³-hybridized carbons (Fsp3) is 0.300. The average Bonchev–Trinajstić information content (AvgIpc) is 3.05. The molecule has 6 heteroatoms. The number of hydrogen-bond acceptors (Lipinski definition) is 4. The highest BCUT2D eigenvalue weighted by atomic mass is 32.1. The number of benzene rings is 2. The predicted molar refractivity (Wildman–Crippen MR) is 110 cm³/mol. The quantitative estimate of drug-likeness (QED) is 0.724. The van der Waals surface area contributed by atoms with Gasteiger partial charge in [0.2, 0.25) is 0 Å². The molecule has 0 saturated heterocycles. The van der Waals surface area contributed by atoms with E-state index in [0.717, 1.165) is 27.6 Å². The number of nitrogens with zero attached hydrogens (tertiary/aromatic N) is 3. The first-order valence-electron chi connectivity index (χ1n) is 8.69. The summed E-state index contributed by atoms with van der Waals surface area (Å²) < 4.78 is 1.10. The van der Waals surface area contributed by atoms with Gasteiger partial charge in [-0.1, -0.05) is 23.5 Å². The van der Waals surface area contributed by atoms with Gasteiger partial charge in [0.25, 0.3) is 5.91 Å². The number of anilines is 2. The zero-order valence-corrected chi connectivity index (χ0v) is 16.5. The third-order valence-corrected chi connectivity index (χ3v) is 5.28. The highest BCUT2D eigenvalue weighted by Crippen LogP contribution is 2.29. The summed E-state index contributed by atoms with van der Waals surface area (Å²) in [5.41, 5.74) is 2.69. The van der Waals surface area contributed by atoms with Crippen LogP contribution < -0.4 is 14.7 Å². The smallest absolute Gasteiger partial charge is 0.260 e. The summed E-state index contributed by atoms with van der Waals surface area (Å²) in [6.07, 6.45) is 0. The van der Waals surface area contributed by atoms with Crippen LogP contribution in [-0.4, -0.2) is 52.2 Å². The largest absolute Gasteiger partial charge is 0.378 e. The van der Waals surface area contributed by atoms with Crippen LogP contribution in [0.25, 0.3) is 10.2 Å². The lowest BCUT2D eigenvalue weighted by Crippen LogP contribution is -3.06. The maximum atomic E-state index is 13.2. The van der Waals surface area contributed by atoms with Gasteiger partial charge in [-0.05, 0) is 36.4 Å². The van der Waals surface area contributed by atoms with Crippen molar-refractivity contribution in [3.63, 3.8) is 0 Å². The molecule has 0 aliphatic rings. The van der Waals surface area contributed by atoms with E-state index in [1.165, 1.54) is 4.90 Å². The SMILES string of the molecule is CN(C)c1ccc(C(=O)N(CC[NH+](C)C)c2nc3ccccc3s2)cc1. The fourth-order valence-electron chi connectivity index (χ4n) is 2.65. The van der Waals surface area contributed by atoms with Crippen molar-refractivity contribution in [2.45, 2.75) is 0 Å². The molecule has 0 fully saturated rings. The molecule has 5 nitrogen and oxygen atoms in total. The second-order valence-corrected chi connectivity index (χ2v) is 7.83. The number of carbonyl (C=O) groups is 1. The number of hydrogen-bond donors (Lipinski definition) is 1. The fourth-order valence-corrected chi connectivity index (χ4v) is 3.64. The maximum Gasteiger partial charge on any atom is 0.260 e. The Balaban J connectivity index is 1.92. The Morgan fingerprint density at radius 3 is 2.38 bits per heavy atom. The minimum absolute atomic E-state index is 0.00406. The Labute approximate surface area is 158 Å². The van der Waals surface area contributed by atoms with Crippen LogP contribution in [0.3, 0.4) is 0 Å². The summed E-state index contributed by atoms with van der Waals surface area (Å²) in [7, 11) is 8.16. The lowest BCUT2D eigenvalue weighted by atomic mass is 10.1. The van der Waals surface area contributed by atoms with E-state index >= 15 is 0 Å². The van der Waals surface area contributed by atoms with E-state index in [4.69, 9.17) is 0 Å². The summed E-state index contributed by atoms with van der Waals surface area (Å²) in [5, 5.41) is 0.758. The molecule has 2 aromatic carbocycles. The van der Waals surface area contributed by atoms with Crippen LogP contribution in [0, 0.1) is 0 Å². The molecule has 0 aliphatic carbocycles. The summed E-state index contributed by atoms with van der Waals surface area (Å²) in [6.45, 7) is 1.49. The van der Waals surface area contributed by atoms with Gasteiger partial charge in [0.1, 0.15) is 0 Å². The lowest BCUT2D eigenvalue weighted by molar-refractivity contribution is -0.856. The van der Waals surface area contributed by atoms with Gasteiger partial charge >= 0.3 is 0 Å². The van der Waals surface area contributed by atoms with Crippen molar-refractivity contribution in [3.05, 3.63) is 54.1 Å². The van der Waals surface area contributed by atoms with Gasteiger partial charge in [0, 0.05) is 25.3 Å². The van der Waals surface area contributed by atoms with Crippen LogP contribution in [0.4, 0.5) is 10.8 Å². The molecule has 0 saturated carbocycles. The van der Waals surface area contributed by atoms with Crippen molar-refractivity contribution < 1.29 is 9.69 Å². The molecule has 3 aromatic rings. The number of fused-ring (bicyclic) bond motifs is 1. The number of nitrogens with one attached hydrogen (secondary N) is 1. The van der Waals surface area contributed by atoms with E-state index < -0.39 is 0 Å². The first kappa shape index (κ1) is 18.4. The van der Waals surface area contributed by atoms with Crippen LogP contribution in [0.1, 0.15) is 10.4 Å². The Morgan fingerprint density at radius 1 is 1.08 bits per heavy atom. The van der Waals surface area contributed by atoms with Crippen molar-refractivity contribution in [2.24, 2.45) is 0 Å². The molecule has 0 spiro atoms. The molecule has 0 atom stereocenters. The Morgan fingerprint density at radius 2 is 1.77 bits per heavy atom. The van der Waals surface area contributed by atoms with Crippen LogP contribution in [0.15, 0.2) is 48.5 Å². The van der Waals surface area contributed by atoms with Gasteiger partial charge in [-0.3, -0.25) is 9.69 Å². The number of carbonyl (C=O) groups excluding carboxylic acids is 1. The van der Waals surface area contributed by atoms with Crippen molar-refractivity contribution in [3.8, 4) is 0 Å². The van der Waals surface area contributed by atoms with E-state index in [-0.39, 0.29) is 5.91 Å². The van der Waals surface area contributed by atoms with Gasteiger partial charge < -0.3 is 9.80 Å². The van der Waals surface area contributed by atoms with Crippen LogP contribution in [-0.2, 0) is 0 Å². The Kier molecular flexibility index (Phi) is 5.54. The number of aromatic nitrogens is 1. The lowest BCUT2D eigenvalue weighted by Gasteiger charge is -2.21. The summed E-state index contributed by atoms with van der Waals surface area (Å²) >= 11 is 1.56. The molecule has 26 heavy (non-hydrogen) atoms. The summed E-state index contributed by atoms with van der Waals surface area (Å²) in [4.78, 5) is 23.0. The first-order valence-corrected chi connectivity index (χ1v) is 9.51. The number of amides is 1. The maximum absolute atomic E-state index is 13.2. The molecular formula is C20H25N4OS+. The average molecular weight is 370 g/mol. The normalized spacial score (nSPS) is 11.1. The zero-order chi connectivity index (χ0) is 18.7.